The lowest BCUT2D eigenvalue weighted by atomic mass is 9.75. The van der Waals surface area contributed by atoms with Crippen LogP contribution in [0, 0.1) is 11.3 Å². The Morgan fingerprint density at radius 2 is 1.84 bits per heavy atom. The summed E-state index contributed by atoms with van der Waals surface area (Å²) in [6.07, 6.45) is 10.7. The highest BCUT2D eigenvalue weighted by atomic mass is 35.5. The summed E-state index contributed by atoms with van der Waals surface area (Å²) < 4.78 is 0. The fourth-order valence-corrected chi connectivity index (χ4v) is 2.65. The van der Waals surface area contributed by atoms with Crippen molar-refractivity contribution in [2.24, 2.45) is 11.3 Å². The lowest BCUT2D eigenvalue weighted by molar-refractivity contribution is 0.349. The van der Waals surface area contributed by atoms with Crippen LogP contribution in [-0.4, -0.2) is 9.97 Å². The van der Waals surface area contributed by atoms with Crippen LogP contribution in [-0.2, 0) is 0 Å². The summed E-state index contributed by atoms with van der Waals surface area (Å²) in [5, 5.41) is 2.10. The molecule has 0 amide bonds. The highest BCUT2D eigenvalue weighted by Gasteiger charge is 2.26. The Labute approximate surface area is 123 Å². The van der Waals surface area contributed by atoms with Crippen LogP contribution in [0.15, 0.2) is 12.2 Å². The number of nitrogens with zero attached hydrogens (tertiary/aromatic N) is 2. The van der Waals surface area contributed by atoms with Gasteiger partial charge in [-0.2, -0.15) is 0 Å². The highest BCUT2D eigenvalue weighted by molar-refractivity contribution is 6.40. The molecule has 0 saturated carbocycles. The van der Waals surface area contributed by atoms with Gasteiger partial charge in [-0.1, -0.05) is 62.5 Å². The normalized spacial score (nSPS) is 23.0. The molecule has 1 aromatic rings. The second-order valence-electron chi connectivity index (χ2n) is 5.30. The number of halogens is 2. The van der Waals surface area contributed by atoms with E-state index in [1.165, 1.54) is 12.8 Å². The van der Waals surface area contributed by atoms with E-state index in [4.69, 9.17) is 23.2 Å². The molecule has 1 aromatic heterocycles. The molecule has 0 radical (unpaired) electrons. The minimum absolute atomic E-state index is 0.0381. The Hall–Kier alpha value is -0.860. The molecule has 1 heterocycles. The van der Waals surface area contributed by atoms with Gasteiger partial charge in [-0.25, -0.2) is 9.97 Å². The molecular weight excluding hydrogens is 279 g/mol. The summed E-state index contributed by atoms with van der Waals surface area (Å²) in [4.78, 5) is 8.63. The average molecular weight is 297 g/mol. The second kappa shape index (κ2) is 5.64. The van der Waals surface area contributed by atoms with Gasteiger partial charge in [0.15, 0.2) is 10.3 Å². The summed E-state index contributed by atoms with van der Waals surface area (Å²) in [5.41, 5.74) is -0.0381. The number of aromatic nitrogens is 2. The second-order valence-corrected chi connectivity index (χ2v) is 6.02. The third-order valence-corrected chi connectivity index (χ3v) is 4.43. The zero-order valence-electron chi connectivity index (χ0n) is 11.5. The summed E-state index contributed by atoms with van der Waals surface area (Å²) in [5.74, 6) is 0.532. The molecule has 2 rings (SSSR count). The molecule has 2 unspecified atom stereocenters. The number of rotatable bonds is 3. The van der Waals surface area contributed by atoms with Crippen molar-refractivity contribution < 1.29 is 0 Å². The largest absolute Gasteiger partial charge is 0.231 e. The molecule has 0 N–H and O–H groups in total. The van der Waals surface area contributed by atoms with Crippen LogP contribution in [0.3, 0.4) is 0 Å². The van der Waals surface area contributed by atoms with Gasteiger partial charge in [0.25, 0.3) is 0 Å². The van der Waals surface area contributed by atoms with E-state index in [9.17, 15) is 0 Å². The van der Waals surface area contributed by atoms with Gasteiger partial charge in [0.05, 0.1) is 10.7 Å². The van der Waals surface area contributed by atoms with Gasteiger partial charge in [0.1, 0.15) is 0 Å². The standard InChI is InChI=1S/C15H18Cl2N2/c1-4-6-10(2)15(3)8-5-7-11-12(9-15)19-14(17)13(16)18-11/h5,7-10H,4,6H2,1-3H3. The van der Waals surface area contributed by atoms with Gasteiger partial charge in [0.2, 0.25) is 0 Å². The first-order valence-corrected chi connectivity index (χ1v) is 7.33. The lowest BCUT2D eigenvalue weighted by Gasteiger charge is -2.29. The van der Waals surface area contributed by atoms with Crippen molar-refractivity contribution in [1.82, 2.24) is 9.97 Å². The van der Waals surface area contributed by atoms with Crippen molar-refractivity contribution in [3.8, 4) is 0 Å². The smallest absolute Gasteiger partial charge is 0.167 e. The molecule has 0 fully saturated rings. The number of fused-ring (bicyclic) bond motifs is 1. The Bertz CT molecular complexity index is 622. The highest BCUT2D eigenvalue weighted by Crippen LogP contribution is 2.34. The van der Waals surface area contributed by atoms with Crippen LogP contribution < -0.4 is 10.7 Å². The molecule has 2 nitrogen and oxygen atoms in total. The molecule has 0 saturated heterocycles. The van der Waals surface area contributed by atoms with Crippen LogP contribution in [0.25, 0.3) is 12.2 Å². The Morgan fingerprint density at radius 1 is 1.21 bits per heavy atom. The van der Waals surface area contributed by atoms with Crippen LogP contribution in [0.5, 0.6) is 0 Å². The number of hydrogen-bond donors (Lipinski definition) is 0. The van der Waals surface area contributed by atoms with Gasteiger partial charge in [-0.3, -0.25) is 0 Å². The molecule has 4 heteroatoms. The van der Waals surface area contributed by atoms with E-state index in [0.29, 0.717) is 5.92 Å². The van der Waals surface area contributed by atoms with E-state index in [2.05, 4.69) is 42.9 Å². The van der Waals surface area contributed by atoms with Crippen LogP contribution >= 0.6 is 23.2 Å². The van der Waals surface area contributed by atoms with Crippen molar-refractivity contribution in [2.75, 3.05) is 0 Å². The van der Waals surface area contributed by atoms with E-state index in [0.717, 1.165) is 10.7 Å². The van der Waals surface area contributed by atoms with E-state index in [1.54, 1.807) is 0 Å². The van der Waals surface area contributed by atoms with E-state index in [-0.39, 0.29) is 15.7 Å². The van der Waals surface area contributed by atoms with Crippen molar-refractivity contribution in [3.05, 3.63) is 33.2 Å². The van der Waals surface area contributed by atoms with Gasteiger partial charge < -0.3 is 0 Å². The van der Waals surface area contributed by atoms with E-state index >= 15 is 0 Å². The molecule has 2 atom stereocenters. The first-order chi connectivity index (χ1) is 8.96. The predicted octanol–water partition coefficient (Wildman–Crippen LogP) is 3.36. The van der Waals surface area contributed by atoms with Crippen molar-refractivity contribution in [1.29, 1.82) is 0 Å². The Kier molecular flexibility index (Phi) is 4.32. The van der Waals surface area contributed by atoms with E-state index < -0.39 is 0 Å². The van der Waals surface area contributed by atoms with E-state index in [1.807, 2.05) is 12.2 Å². The van der Waals surface area contributed by atoms with Crippen LogP contribution in [0.1, 0.15) is 33.6 Å². The predicted molar refractivity (Wildman–Crippen MR) is 81.6 cm³/mol. The summed E-state index contributed by atoms with van der Waals surface area (Å²) in [6, 6.07) is 0. The molecule has 1 aliphatic carbocycles. The maximum absolute atomic E-state index is 5.97. The zero-order chi connectivity index (χ0) is 14.0. The monoisotopic (exact) mass is 296 g/mol. The quantitative estimate of drug-likeness (QED) is 0.855. The third kappa shape index (κ3) is 3.01. The third-order valence-electron chi connectivity index (χ3n) is 3.81. The molecule has 0 spiro atoms. The summed E-state index contributed by atoms with van der Waals surface area (Å²) in [7, 11) is 0. The topological polar surface area (TPSA) is 25.8 Å². The van der Waals surface area contributed by atoms with Crippen molar-refractivity contribution >= 4 is 35.4 Å². The SMILES string of the molecule is CCCC(C)C1(C)C=CC=c2nc(Cl)c(Cl)nc2=C1. The molecule has 0 aliphatic heterocycles. The van der Waals surface area contributed by atoms with Gasteiger partial charge in [0, 0.05) is 5.41 Å². The first-order valence-electron chi connectivity index (χ1n) is 6.58. The molecule has 0 aromatic carbocycles. The Morgan fingerprint density at radius 3 is 2.47 bits per heavy atom. The fourth-order valence-electron chi connectivity index (χ4n) is 2.39. The number of hydrogen-bond acceptors (Lipinski definition) is 2. The van der Waals surface area contributed by atoms with Crippen LogP contribution in [0.4, 0.5) is 0 Å². The van der Waals surface area contributed by atoms with Gasteiger partial charge in [-0.05, 0) is 24.5 Å². The maximum atomic E-state index is 5.97. The molecule has 0 bridgehead atoms. The Balaban J connectivity index is 2.58. The number of allylic oxidation sites excluding steroid dienone is 2. The molecule has 102 valence electrons. The minimum atomic E-state index is -0.0381. The maximum Gasteiger partial charge on any atom is 0.167 e. The van der Waals surface area contributed by atoms with Crippen LogP contribution in [0.2, 0.25) is 10.3 Å². The first kappa shape index (κ1) is 14.5. The average Bonchev–Trinajstić information content (AvgIpc) is 2.50. The lowest BCUT2D eigenvalue weighted by Crippen LogP contribution is -2.34. The summed E-state index contributed by atoms with van der Waals surface area (Å²) >= 11 is 11.9. The molecule has 19 heavy (non-hydrogen) atoms. The molecule has 1 aliphatic rings. The zero-order valence-corrected chi connectivity index (χ0v) is 13.0. The van der Waals surface area contributed by atoms with Crippen molar-refractivity contribution in [2.45, 2.75) is 33.6 Å². The van der Waals surface area contributed by atoms with Gasteiger partial charge >= 0.3 is 0 Å². The summed E-state index contributed by atoms with van der Waals surface area (Å²) in [6.45, 7) is 6.69. The molecular formula is C15H18Cl2N2. The van der Waals surface area contributed by atoms with Gasteiger partial charge in [-0.15, -0.1) is 0 Å². The minimum Gasteiger partial charge on any atom is -0.231 e. The fraction of sp³-hybridized carbons (Fsp3) is 0.467. The van der Waals surface area contributed by atoms with Crippen molar-refractivity contribution in [3.63, 3.8) is 0 Å².